The molecule has 1 aliphatic heterocycles. The van der Waals surface area contributed by atoms with Crippen molar-refractivity contribution in [1.29, 1.82) is 0 Å². The second-order valence-electron chi connectivity index (χ2n) is 8.37. The summed E-state index contributed by atoms with van der Waals surface area (Å²) in [6, 6.07) is 0. The monoisotopic (exact) mass is 318 g/mol. The predicted octanol–water partition coefficient (Wildman–Crippen LogP) is 4.16. The van der Waals surface area contributed by atoms with Crippen LogP contribution in [0.15, 0.2) is 22.8 Å². The van der Waals surface area contributed by atoms with Gasteiger partial charge in [0.05, 0.1) is 6.10 Å². The van der Waals surface area contributed by atoms with Crippen LogP contribution in [0.3, 0.4) is 0 Å². The minimum atomic E-state index is -0.849. The van der Waals surface area contributed by atoms with Crippen molar-refractivity contribution in [3.05, 3.63) is 22.8 Å². The molecule has 1 fully saturated rings. The lowest BCUT2D eigenvalue weighted by Gasteiger charge is -2.52. The Morgan fingerprint density at radius 2 is 2.09 bits per heavy atom. The van der Waals surface area contributed by atoms with Crippen molar-refractivity contribution in [2.75, 3.05) is 0 Å². The number of carbonyl (C=O) groups excluding carboxylic acids is 1. The number of aldehydes is 1. The zero-order chi connectivity index (χ0) is 16.8. The molecule has 1 heterocycles. The Morgan fingerprint density at radius 1 is 1.35 bits per heavy atom. The molecule has 1 N–H and O–H groups in total. The zero-order valence-corrected chi connectivity index (χ0v) is 14.9. The Hall–Kier alpha value is -0.930. The van der Waals surface area contributed by atoms with Crippen LogP contribution < -0.4 is 0 Å². The molecule has 3 rings (SSSR count). The normalized spacial score (nSPS) is 40.0. The zero-order valence-electron chi connectivity index (χ0n) is 14.9. The Kier molecular flexibility index (Phi) is 4.31. The Bertz CT molecular complexity index is 559. The van der Waals surface area contributed by atoms with E-state index in [0.717, 1.165) is 12.7 Å². The van der Waals surface area contributed by atoms with Gasteiger partial charge in [0.2, 0.25) is 0 Å². The van der Waals surface area contributed by atoms with E-state index in [1.807, 2.05) is 6.08 Å². The molecule has 23 heavy (non-hydrogen) atoms. The molecule has 0 aromatic carbocycles. The molecule has 1 unspecified atom stereocenters. The molecule has 0 aromatic rings. The largest absolute Gasteiger partial charge is 0.365 e. The molecule has 2 aliphatic carbocycles. The number of hydrogen-bond donors (Lipinski definition) is 1. The number of hydrogen-bond acceptors (Lipinski definition) is 3. The van der Waals surface area contributed by atoms with Crippen LogP contribution in [-0.2, 0) is 9.53 Å². The van der Waals surface area contributed by atoms with Crippen molar-refractivity contribution in [2.24, 2.45) is 16.7 Å². The number of fused-ring (bicyclic) bond motifs is 3. The van der Waals surface area contributed by atoms with Crippen molar-refractivity contribution in [3.8, 4) is 0 Å². The fourth-order valence-corrected chi connectivity index (χ4v) is 5.04. The van der Waals surface area contributed by atoms with Crippen LogP contribution in [0.25, 0.3) is 0 Å². The van der Waals surface area contributed by atoms with Gasteiger partial charge in [0.15, 0.2) is 6.29 Å². The molecular weight excluding hydrogens is 288 g/mol. The van der Waals surface area contributed by atoms with E-state index in [4.69, 9.17) is 4.74 Å². The Morgan fingerprint density at radius 3 is 2.74 bits per heavy atom. The van der Waals surface area contributed by atoms with Crippen LogP contribution in [0, 0.1) is 16.7 Å². The lowest BCUT2D eigenvalue weighted by Crippen LogP contribution is -2.47. The summed E-state index contributed by atoms with van der Waals surface area (Å²) in [7, 11) is 0. The maximum Gasteiger partial charge on any atom is 0.175 e. The lowest BCUT2D eigenvalue weighted by molar-refractivity contribution is -0.158. The van der Waals surface area contributed by atoms with Crippen molar-refractivity contribution >= 4 is 6.29 Å². The fraction of sp³-hybridized carbons (Fsp3) is 0.750. The first-order valence-corrected chi connectivity index (χ1v) is 9.05. The van der Waals surface area contributed by atoms with Gasteiger partial charge in [0, 0.05) is 11.8 Å². The number of aliphatic hydroxyl groups is 1. The first kappa shape index (κ1) is 16.9. The highest BCUT2D eigenvalue weighted by Gasteiger charge is 2.53. The maximum absolute atomic E-state index is 10.8. The van der Waals surface area contributed by atoms with Gasteiger partial charge in [0.1, 0.15) is 6.29 Å². The third-order valence-electron chi connectivity index (χ3n) is 6.52. The van der Waals surface area contributed by atoms with Gasteiger partial charge in [-0.25, -0.2) is 0 Å². The van der Waals surface area contributed by atoms with E-state index < -0.39 is 6.29 Å². The standard InChI is InChI=1S/C20H30O3/c1-13(2)14-7-8-19(3)9-10-20(4)15(18(14)19)12-17(22)23-16(20)6-5-11-21/h11-13,16-17,22H,5-10H2,1-4H3/t16-,17?,19+,20+/m0/s1. The number of rotatable bonds is 4. The summed E-state index contributed by atoms with van der Waals surface area (Å²) < 4.78 is 5.84. The summed E-state index contributed by atoms with van der Waals surface area (Å²) in [6.45, 7) is 9.21. The van der Waals surface area contributed by atoms with Crippen molar-refractivity contribution in [3.63, 3.8) is 0 Å². The van der Waals surface area contributed by atoms with Gasteiger partial charge in [-0.3, -0.25) is 0 Å². The van der Waals surface area contributed by atoms with Gasteiger partial charge in [-0.1, -0.05) is 33.3 Å². The topological polar surface area (TPSA) is 46.5 Å². The highest BCUT2D eigenvalue weighted by molar-refractivity contribution is 5.52. The van der Waals surface area contributed by atoms with E-state index in [9.17, 15) is 9.90 Å². The molecule has 3 heteroatoms. The van der Waals surface area contributed by atoms with Crippen molar-refractivity contribution in [2.45, 2.75) is 78.6 Å². The summed E-state index contributed by atoms with van der Waals surface area (Å²) in [6.07, 6.45) is 7.79. The van der Waals surface area contributed by atoms with E-state index in [1.54, 1.807) is 5.57 Å². The van der Waals surface area contributed by atoms with Crippen LogP contribution >= 0.6 is 0 Å². The quantitative estimate of drug-likeness (QED) is 0.792. The molecule has 0 amide bonds. The van der Waals surface area contributed by atoms with Gasteiger partial charge >= 0.3 is 0 Å². The molecular formula is C20H30O3. The second kappa shape index (κ2) is 5.86. The summed E-state index contributed by atoms with van der Waals surface area (Å²) in [5.41, 5.74) is 4.54. The third kappa shape index (κ3) is 2.62. The van der Waals surface area contributed by atoms with Crippen LogP contribution in [0.5, 0.6) is 0 Å². The molecule has 3 aliphatic rings. The molecule has 1 saturated carbocycles. The van der Waals surface area contributed by atoms with Crippen LogP contribution in [0.4, 0.5) is 0 Å². The predicted molar refractivity (Wildman–Crippen MR) is 90.8 cm³/mol. The van der Waals surface area contributed by atoms with E-state index in [0.29, 0.717) is 18.8 Å². The Labute approximate surface area is 139 Å². The molecule has 0 radical (unpaired) electrons. The second-order valence-corrected chi connectivity index (χ2v) is 8.37. The van der Waals surface area contributed by atoms with E-state index in [2.05, 4.69) is 27.7 Å². The average molecular weight is 318 g/mol. The van der Waals surface area contributed by atoms with Crippen molar-refractivity contribution in [1.82, 2.24) is 0 Å². The van der Waals surface area contributed by atoms with Crippen LogP contribution in [0.1, 0.15) is 66.2 Å². The van der Waals surface area contributed by atoms with Crippen molar-refractivity contribution < 1.29 is 14.6 Å². The van der Waals surface area contributed by atoms with Crippen LogP contribution in [0.2, 0.25) is 0 Å². The lowest BCUT2D eigenvalue weighted by atomic mass is 9.56. The van der Waals surface area contributed by atoms with E-state index in [-0.39, 0.29) is 16.9 Å². The third-order valence-corrected chi connectivity index (χ3v) is 6.52. The maximum atomic E-state index is 10.8. The van der Waals surface area contributed by atoms with E-state index >= 15 is 0 Å². The fourth-order valence-electron chi connectivity index (χ4n) is 5.04. The van der Waals surface area contributed by atoms with Crippen LogP contribution in [-0.4, -0.2) is 23.8 Å². The van der Waals surface area contributed by atoms with Gasteiger partial charge < -0.3 is 14.6 Å². The minimum absolute atomic E-state index is 0.0752. The highest BCUT2D eigenvalue weighted by atomic mass is 16.6. The molecule has 3 nitrogen and oxygen atoms in total. The highest BCUT2D eigenvalue weighted by Crippen LogP contribution is 2.62. The molecule has 0 spiro atoms. The van der Waals surface area contributed by atoms with Gasteiger partial charge in [-0.05, 0) is 60.7 Å². The number of aliphatic hydroxyl groups excluding tert-OH is 1. The minimum Gasteiger partial charge on any atom is -0.365 e. The SMILES string of the molecule is CC(C)C1=C2C3=CC(O)O[C@@H](CCC=O)[C@]3(C)CC[C@@]2(C)CC1. The first-order valence-electron chi connectivity index (χ1n) is 9.05. The summed E-state index contributed by atoms with van der Waals surface area (Å²) in [5, 5.41) is 10.3. The number of allylic oxidation sites excluding steroid dienone is 2. The van der Waals surface area contributed by atoms with Gasteiger partial charge in [-0.15, -0.1) is 0 Å². The Balaban J connectivity index is 2.08. The van der Waals surface area contributed by atoms with Gasteiger partial charge in [-0.2, -0.15) is 0 Å². The molecule has 128 valence electrons. The summed E-state index contributed by atoms with van der Waals surface area (Å²) >= 11 is 0. The molecule has 4 atom stereocenters. The number of ether oxygens (including phenoxy) is 1. The summed E-state index contributed by atoms with van der Waals surface area (Å²) in [5.74, 6) is 0.545. The summed E-state index contributed by atoms with van der Waals surface area (Å²) in [4.78, 5) is 10.8. The van der Waals surface area contributed by atoms with Gasteiger partial charge in [0.25, 0.3) is 0 Å². The smallest absolute Gasteiger partial charge is 0.175 e. The number of carbonyl (C=O) groups is 1. The first-order chi connectivity index (χ1) is 10.8. The molecule has 0 aromatic heterocycles. The average Bonchev–Trinajstić information content (AvgIpc) is 2.84. The molecule has 0 bridgehead atoms. The van der Waals surface area contributed by atoms with E-state index in [1.165, 1.54) is 30.4 Å². The molecule has 0 saturated heterocycles.